The minimum atomic E-state index is 0.864. The van der Waals surface area contributed by atoms with Gasteiger partial charge in [-0.1, -0.05) is 6.92 Å². The third-order valence-electron chi connectivity index (χ3n) is 2.91. The highest BCUT2D eigenvalue weighted by Gasteiger charge is 2.13. The summed E-state index contributed by atoms with van der Waals surface area (Å²) in [5.74, 6) is 0.864. The van der Waals surface area contributed by atoms with Crippen LogP contribution < -0.4 is 10.6 Å². The molecule has 1 saturated heterocycles. The third kappa shape index (κ3) is 3.18. The highest BCUT2D eigenvalue weighted by atomic mass is 32.1. The molecular weight excluding hydrogens is 206 g/mol. The van der Waals surface area contributed by atoms with E-state index in [4.69, 9.17) is 0 Å². The van der Waals surface area contributed by atoms with Crippen LogP contribution >= 0.6 is 11.3 Å². The molecule has 0 radical (unpaired) electrons. The maximum Gasteiger partial charge on any atom is 0.182 e. The molecule has 1 atom stereocenters. The fraction of sp³-hybridized carbons (Fsp3) is 0.727. The van der Waals surface area contributed by atoms with E-state index in [1.165, 1.54) is 31.6 Å². The maximum atomic E-state index is 4.48. The largest absolute Gasteiger partial charge is 0.362 e. The van der Waals surface area contributed by atoms with E-state index in [9.17, 15) is 0 Å². The minimum absolute atomic E-state index is 0.864. The van der Waals surface area contributed by atoms with Crippen LogP contribution in [-0.4, -0.2) is 24.6 Å². The zero-order valence-electron chi connectivity index (χ0n) is 9.25. The Hall–Kier alpha value is -0.610. The van der Waals surface area contributed by atoms with Crippen LogP contribution in [0.2, 0.25) is 0 Å². The van der Waals surface area contributed by atoms with Crippen molar-refractivity contribution in [1.82, 2.24) is 10.3 Å². The van der Waals surface area contributed by atoms with Gasteiger partial charge in [0.25, 0.3) is 0 Å². The van der Waals surface area contributed by atoms with E-state index in [0.29, 0.717) is 0 Å². The standard InChI is InChI=1S/C11H19N3S/c1-2-10-8-15-11(14-10)13-6-4-9-3-5-12-7-9/h8-9,12H,2-7H2,1H3,(H,13,14). The fourth-order valence-electron chi connectivity index (χ4n) is 1.89. The number of hydrogen-bond acceptors (Lipinski definition) is 4. The van der Waals surface area contributed by atoms with Crippen molar-refractivity contribution in [2.75, 3.05) is 25.0 Å². The molecule has 1 fully saturated rings. The lowest BCUT2D eigenvalue weighted by Crippen LogP contribution is -2.12. The number of rotatable bonds is 5. The summed E-state index contributed by atoms with van der Waals surface area (Å²) in [5, 5.41) is 10.0. The molecule has 1 aliphatic rings. The Bertz CT molecular complexity index is 292. The molecule has 0 saturated carbocycles. The van der Waals surface area contributed by atoms with Gasteiger partial charge < -0.3 is 10.6 Å². The van der Waals surface area contributed by atoms with Gasteiger partial charge in [-0.3, -0.25) is 0 Å². The van der Waals surface area contributed by atoms with E-state index in [0.717, 1.165) is 24.0 Å². The fourth-order valence-corrected chi connectivity index (χ4v) is 2.72. The van der Waals surface area contributed by atoms with Crippen molar-refractivity contribution >= 4 is 16.5 Å². The molecule has 0 amide bonds. The summed E-state index contributed by atoms with van der Waals surface area (Å²) in [5.41, 5.74) is 1.20. The van der Waals surface area contributed by atoms with Crippen molar-refractivity contribution in [2.24, 2.45) is 5.92 Å². The van der Waals surface area contributed by atoms with Crippen LogP contribution in [0.1, 0.15) is 25.5 Å². The smallest absolute Gasteiger partial charge is 0.182 e. The molecule has 0 aromatic carbocycles. The molecule has 0 bridgehead atoms. The van der Waals surface area contributed by atoms with Crippen molar-refractivity contribution in [3.8, 4) is 0 Å². The van der Waals surface area contributed by atoms with Gasteiger partial charge in [0, 0.05) is 11.9 Å². The molecule has 3 nitrogen and oxygen atoms in total. The first kappa shape index (κ1) is 10.9. The van der Waals surface area contributed by atoms with Gasteiger partial charge in [0.05, 0.1) is 5.69 Å². The quantitative estimate of drug-likeness (QED) is 0.806. The zero-order chi connectivity index (χ0) is 10.5. The lowest BCUT2D eigenvalue weighted by molar-refractivity contribution is 0.549. The van der Waals surface area contributed by atoms with Gasteiger partial charge in [0.15, 0.2) is 5.13 Å². The number of thiazole rings is 1. The molecule has 1 aliphatic heterocycles. The van der Waals surface area contributed by atoms with Crippen LogP contribution in [0.5, 0.6) is 0 Å². The summed E-state index contributed by atoms with van der Waals surface area (Å²) in [7, 11) is 0. The van der Waals surface area contributed by atoms with Gasteiger partial charge in [-0.2, -0.15) is 0 Å². The number of hydrogen-bond donors (Lipinski definition) is 2. The summed E-state index contributed by atoms with van der Waals surface area (Å²) in [6.45, 7) is 5.59. The Labute approximate surface area is 95.3 Å². The predicted molar refractivity (Wildman–Crippen MR) is 65.6 cm³/mol. The van der Waals surface area contributed by atoms with Gasteiger partial charge in [-0.25, -0.2) is 4.98 Å². The lowest BCUT2D eigenvalue weighted by Gasteiger charge is -2.07. The van der Waals surface area contributed by atoms with E-state index < -0.39 is 0 Å². The second-order valence-electron chi connectivity index (χ2n) is 4.07. The van der Waals surface area contributed by atoms with Crippen molar-refractivity contribution in [1.29, 1.82) is 0 Å². The monoisotopic (exact) mass is 225 g/mol. The van der Waals surface area contributed by atoms with Crippen molar-refractivity contribution < 1.29 is 0 Å². The molecule has 2 rings (SSSR count). The number of aromatic nitrogens is 1. The Kier molecular flexibility index (Phi) is 3.97. The van der Waals surface area contributed by atoms with Gasteiger partial charge in [-0.05, 0) is 38.3 Å². The molecule has 4 heteroatoms. The lowest BCUT2D eigenvalue weighted by atomic mass is 10.1. The normalized spacial score (nSPS) is 20.7. The summed E-state index contributed by atoms with van der Waals surface area (Å²) in [4.78, 5) is 4.48. The van der Waals surface area contributed by atoms with Crippen molar-refractivity contribution in [2.45, 2.75) is 26.2 Å². The molecule has 2 heterocycles. The first-order valence-corrected chi connectivity index (χ1v) is 6.65. The average Bonchev–Trinajstić information content (AvgIpc) is 2.88. The van der Waals surface area contributed by atoms with Crippen molar-refractivity contribution in [3.05, 3.63) is 11.1 Å². The molecule has 84 valence electrons. The topological polar surface area (TPSA) is 37.0 Å². The summed E-state index contributed by atoms with van der Waals surface area (Å²) < 4.78 is 0. The molecular formula is C11H19N3S. The molecule has 0 spiro atoms. The van der Waals surface area contributed by atoms with Crippen LogP contribution in [0.4, 0.5) is 5.13 Å². The first-order valence-electron chi connectivity index (χ1n) is 5.77. The number of nitrogens with one attached hydrogen (secondary N) is 2. The SMILES string of the molecule is CCc1csc(NCCC2CCNC2)n1. The molecule has 1 aromatic rings. The van der Waals surface area contributed by atoms with Crippen LogP contribution in [0.25, 0.3) is 0 Å². The van der Waals surface area contributed by atoms with Crippen LogP contribution in [0, 0.1) is 5.92 Å². The van der Waals surface area contributed by atoms with E-state index in [1.807, 2.05) is 0 Å². The highest BCUT2D eigenvalue weighted by molar-refractivity contribution is 7.13. The van der Waals surface area contributed by atoms with Crippen LogP contribution in [0.15, 0.2) is 5.38 Å². The van der Waals surface area contributed by atoms with Crippen LogP contribution in [-0.2, 0) is 6.42 Å². The molecule has 1 aromatic heterocycles. The Morgan fingerprint density at radius 1 is 1.67 bits per heavy atom. The van der Waals surface area contributed by atoms with Gasteiger partial charge in [-0.15, -0.1) is 11.3 Å². The van der Waals surface area contributed by atoms with E-state index in [-0.39, 0.29) is 0 Å². The number of aryl methyl sites for hydroxylation is 1. The number of nitrogens with zero attached hydrogens (tertiary/aromatic N) is 1. The summed E-state index contributed by atoms with van der Waals surface area (Å²) in [6, 6.07) is 0. The van der Waals surface area contributed by atoms with E-state index >= 15 is 0 Å². The van der Waals surface area contributed by atoms with Gasteiger partial charge in [0.1, 0.15) is 0 Å². The minimum Gasteiger partial charge on any atom is -0.362 e. The molecule has 0 aliphatic carbocycles. The Morgan fingerprint density at radius 3 is 3.27 bits per heavy atom. The zero-order valence-corrected chi connectivity index (χ0v) is 10.1. The van der Waals surface area contributed by atoms with Crippen molar-refractivity contribution in [3.63, 3.8) is 0 Å². The molecule has 1 unspecified atom stereocenters. The maximum absolute atomic E-state index is 4.48. The van der Waals surface area contributed by atoms with E-state index in [2.05, 4.69) is 27.9 Å². The highest BCUT2D eigenvalue weighted by Crippen LogP contribution is 2.17. The molecule has 2 N–H and O–H groups in total. The van der Waals surface area contributed by atoms with Crippen LogP contribution in [0.3, 0.4) is 0 Å². The number of anilines is 1. The van der Waals surface area contributed by atoms with Gasteiger partial charge >= 0.3 is 0 Å². The second-order valence-corrected chi connectivity index (χ2v) is 4.93. The summed E-state index contributed by atoms with van der Waals surface area (Å²) >= 11 is 1.72. The predicted octanol–water partition coefficient (Wildman–Crippen LogP) is 2.12. The average molecular weight is 225 g/mol. The van der Waals surface area contributed by atoms with Gasteiger partial charge in [0.2, 0.25) is 0 Å². The summed E-state index contributed by atoms with van der Waals surface area (Å²) in [6.07, 6.45) is 3.62. The third-order valence-corrected chi connectivity index (χ3v) is 3.75. The molecule has 15 heavy (non-hydrogen) atoms. The Balaban J connectivity index is 1.68. The van der Waals surface area contributed by atoms with E-state index in [1.54, 1.807) is 11.3 Å². The Morgan fingerprint density at radius 2 is 2.60 bits per heavy atom. The first-order chi connectivity index (χ1) is 7.38. The second kappa shape index (κ2) is 5.47.